The fourth-order valence-electron chi connectivity index (χ4n) is 4.07. The Morgan fingerprint density at radius 2 is 1.86 bits per heavy atom. The van der Waals surface area contributed by atoms with E-state index in [9.17, 15) is 9.59 Å². The molecule has 2 amide bonds. The minimum Gasteiger partial charge on any atom is -0.369 e. The predicted octanol–water partition coefficient (Wildman–Crippen LogP) is 3.23. The van der Waals surface area contributed by atoms with Gasteiger partial charge in [-0.15, -0.1) is 0 Å². The summed E-state index contributed by atoms with van der Waals surface area (Å²) in [4.78, 5) is 31.6. The molecule has 29 heavy (non-hydrogen) atoms. The maximum absolute atomic E-state index is 13.2. The molecule has 0 bridgehead atoms. The van der Waals surface area contributed by atoms with Gasteiger partial charge >= 0.3 is 0 Å². The molecular weight excluding hydrogens is 388 g/mol. The lowest BCUT2D eigenvalue weighted by Crippen LogP contribution is -2.51. The highest BCUT2D eigenvalue weighted by atomic mass is 35.5. The lowest BCUT2D eigenvalue weighted by atomic mass is 10.1. The highest BCUT2D eigenvalue weighted by molar-refractivity contribution is 6.30. The van der Waals surface area contributed by atoms with Gasteiger partial charge in [-0.3, -0.25) is 14.5 Å². The van der Waals surface area contributed by atoms with Gasteiger partial charge in [-0.1, -0.05) is 29.8 Å². The molecular formula is C22H25ClN4O2. The molecule has 2 heterocycles. The van der Waals surface area contributed by atoms with E-state index in [0.29, 0.717) is 18.7 Å². The number of rotatable bonds is 3. The molecule has 0 unspecified atom stereocenters. The Morgan fingerprint density at radius 1 is 1.10 bits per heavy atom. The van der Waals surface area contributed by atoms with Crippen LogP contribution >= 0.6 is 11.6 Å². The van der Waals surface area contributed by atoms with Crippen LogP contribution in [0, 0.1) is 0 Å². The van der Waals surface area contributed by atoms with E-state index < -0.39 is 0 Å². The zero-order valence-corrected chi connectivity index (χ0v) is 17.2. The second kappa shape index (κ2) is 8.43. The third-order valence-corrected chi connectivity index (χ3v) is 5.77. The normalized spacial score (nSPS) is 20.1. The van der Waals surface area contributed by atoms with Crippen molar-refractivity contribution in [2.75, 3.05) is 47.8 Å². The van der Waals surface area contributed by atoms with Gasteiger partial charge < -0.3 is 15.1 Å². The van der Waals surface area contributed by atoms with Crippen LogP contribution in [0.5, 0.6) is 0 Å². The number of carbonyl (C=O) groups excluding carboxylic acids is 2. The lowest BCUT2D eigenvalue weighted by molar-refractivity contribution is -0.120. The minimum atomic E-state index is -0.182. The quantitative estimate of drug-likeness (QED) is 0.840. The summed E-state index contributed by atoms with van der Waals surface area (Å²) in [6.07, 6.45) is 0.295. The summed E-state index contributed by atoms with van der Waals surface area (Å²) in [6.45, 7) is 5.57. The van der Waals surface area contributed by atoms with E-state index in [2.05, 4.69) is 21.2 Å². The highest BCUT2D eigenvalue weighted by Gasteiger charge is 2.31. The van der Waals surface area contributed by atoms with Crippen LogP contribution in [0.25, 0.3) is 0 Å². The first-order chi connectivity index (χ1) is 14.0. The van der Waals surface area contributed by atoms with Crippen molar-refractivity contribution in [3.05, 3.63) is 53.6 Å². The molecule has 2 aliphatic heterocycles. The Bertz CT molecular complexity index is 911. The molecule has 152 valence electrons. The van der Waals surface area contributed by atoms with Crippen LogP contribution in [0.2, 0.25) is 5.02 Å². The zero-order valence-electron chi connectivity index (χ0n) is 16.5. The predicted molar refractivity (Wildman–Crippen MR) is 117 cm³/mol. The Balaban J connectivity index is 1.43. The van der Waals surface area contributed by atoms with Crippen molar-refractivity contribution in [3.63, 3.8) is 0 Å². The SMILES string of the molecule is C[C@@H]1CC(=O)Nc2ccccc2N1C(=O)CN1CCN(c2cccc(Cl)c2)CC1. The molecule has 1 saturated heterocycles. The molecule has 4 rings (SSSR count). The number of nitrogens with one attached hydrogen (secondary N) is 1. The highest BCUT2D eigenvalue weighted by Crippen LogP contribution is 2.31. The first-order valence-electron chi connectivity index (χ1n) is 9.95. The van der Waals surface area contributed by atoms with Gasteiger partial charge in [0.05, 0.1) is 17.9 Å². The van der Waals surface area contributed by atoms with Crippen molar-refractivity contribution in [2.45, 2.75) is 19.4 Å². The molecule has 0 saturated carbocycles. The molecule has 6 nitrogen and oxygen atoms in total. The summed E-state index contributed by atoms with van der Waals surface area (Å²) in [7, 11) is 0. The van der Waals surface area contributed by atoms with Crippen molar-refractivity contribution in [1.29, 1.82) is 0 Å². The second-order valence-electron chi connectivity index (χ2n) is 7.63. The van der Waals surface area contributed by atoms with Gasteiger partial charge in [0.2, 0.25) is 11.8 Å². The molecule has 1 N–H and O–H groups in total. The van der Waals surface area contributed by atoms with Crippen molar-refractivity contribution in [3.8, 4) is 0 Å². The number of para-hydroxylation sites is 2. The van der Waals surface area contributed by atoms with Gasteiger partial charge in [0.1, 0.15) is 0 Å². The Hall–Kier alpha value is -2.57. The van der Waals surface area contributed by atoms with E-state index in [-0.39, 0.29) is 17.9 Å². The number of hydrogen-bond donors (Lipinski definition) is 1. The lowest BCUT2D eigenvalue weighted by Gasteiger charge is -2.37. The largest absolute Gasteiger partial charge is 0.369 e. The minimum absolute atomic E-state index is 0.0256. The number of hydrogen-bond acceptors (Lipinski definition) is 4. The molecule has 1 atom stereocenters. The van der Waals surface area contributed by atoms with Gasteiger partial charge in [-0.05, 0) is 37.3 Å². The van der Waals surface area contributed by atoms with Crippen molar-refractivity contribution < 1.29 is 9.59 Å². The zero-order chi connectivity index (χ0) is 20.4. The first kappa shape index (κ1) is 19.7. The van der Waals surface area contributed by atoms with Gasteiger partial charge in [0, 0.05) is 49.4 Å². The molecule has 0 spiro atoms. The number of fused-ring (bicyclic) bond motifs is 1. The fourth-order valence-corrected chi connectivity index (χ4v) is 4.26. The van der Waals surface area contributed by atoms with Crippen LogP contribution in [-0.4, -0.2) is 55.5 Å². The van der Waals surface area contributed by atoms with Crippen LogP contribution in [-0.2, 0) is 9.59 Å². The summed E-state index contributed by atoms with van der Waals surface area (Å²) in [6, 6.07) is 15.2. The summed E-state index contributed by atoms with van der Waals surface area (Å²) < 4.78 is 0. The number of amides is 2. The van der Waals surface area contributed by atoms with Crippen LogP contribution in [0.1, 0.15) is 13.3 Å². The van der Waals surface area contributed by atoms with Gasteiger partial charge in [0.25, 0.3) is 0 Å². The summed E-state index contributed by atoms with van der Waals surface area (Å²) in [5, 5.41) is 3.64. The molecule has 2 aliphatic rings. The third kappa shape index (κ3) is 4.38. The maximum atomic E-state index is 13.2. The Labute approximate surface area is 176 Å². The van der Waals surface area contributed by atoms with Crippen LogP contribution in [0.4, 0.5) is 17.1 Å². The second-order valence-corrected chi connectivity index (χ2v) is 8.06. The van der Waals surface area contributed by atoms with Crippen molar-refractivity contribution in [2.24, 2.45) is 0 Å². The summed E-state index contributed by atoms with van der Waals surface area (Å²) in [5.41, 5.74) is 2.58. The average Bonchev–Trinajstić information content (AvgIpc) is 2.82. The average molecular weight is 413 g/mol. The number of nitrogens with zero attached hydrogens (tertiary/aromatic N) is 3. The van der Waals surface area contributed by atoms with E-state index in [0.717, 1.165) is 42.6 Å². The van der Waals surface area contributed by atoms with Crippen molar-refractivity contribution >= 4 is 40.5 Å². The smallest absolute Gasteiger partial charge is 0.241 e. The molecule has 0 aliphatic carbocycles. The molecule has 7 heteroatoms. The number of benzene rings is 2. The van der Waals surface area contributed by atoms with Gasteiger partial charge in [-0.2, -0.15) is 0 Å². The van der Waals surface area contributed by atoms with Gasteiger partial charge in [0.15, 0.2) is 0 Å². The maximum Gasteiger partial charge on any atom is 0.241 e. The van der Waals surface area contributed by atoms with E-state index >= 15 is 0 Å². The van der Waals surface area contributed by atoms with E-state index in [1.165, 1.54) is 0 Å². The van der Waals surface area contributed by atoms with E-state index in [1.54, 1.807) is 4.90 Å². The first-order valence-corrected chi connectivity index (χ1v) is 10.3. The van der Waals surface area contributed by atoms with Crippen LogP contribution < -0.4 is 15.1 Å². The molecule has 2 aromatic carbocycles. The number of halogens is 1. The topological polar surface area (TPSA) is 55.9 Å². The monoisotopic (exact) mass is 412 g/mol. The molecule has 1 fully saturated rings. The molecule has 0 radical (unpaired) electrons. The number of anilines is 3. The van der Waals surface area contributed by atoms with E-state index in [4.69, 9.17) is 11.6 Å². The Kier molecular flexibility index (Phi) is 5.74. The summed E-state index contributed by atoms with van der Waals surface area (Å²) in [5.74, 6) is -0.0342. The summed E-state index contributed by atoms with van der Waals surface area (Å²) >= 11 is 6.11. The van der Waals surface area contributed by atoms with Crippen molar-refractivity contribution in [1.82, 2.24) is 4.90 Å². The number of piperazine rings is 1. The number of carbonyl (C=O) groups is 2. The Morgan fingerprint density at radius 3 is 2.62 bits per heavy atom. The fraction of sp³-hybridized carbons (Fsp3) is 0.364. The van der Waals surface area contributed by atoms with E-state index in [1.807, 2.05) is 49.4 Å². The molecule has 2 aromatic rings. The van der Waals surface area contributed by atoms with Crippen LogP contribution in [0.3, 0.4) is 0 Å². The molecule has 0 aromatic heterocycles. The van der Waals surface area contributed by atoms with Gasteiger partial charge in [-0.25, -0.2) is 0 Å². The third-order valence-electron chi connectivity index (χ3n) is 5.53. The standard InChI is InChI=1S/C22H25ClN4O2/c1-16-13-21(28)24-19-7-2-3-8-20(19)27(16)22(29)15-25-9-11-26(12-10-25)18-6-4-5-17(23)14-18/h2-8,14,16H,9-13,15H2,1H3,(H,24,28)/t16-/m1/s1. The van der Waals surface area contributed by atoms with Crippen LogP contribution in [0.15, 0.2) is 48.5 Å².